The molecule has 11 heterocycles. The summed E-state index contributed by atoms with van der Waals surface area (Å²) in [5, 5.41) is 0. The molecule has 6 aromatic carbocycles. The van der Waals surface area contributed by atoms with Crippen LogP contribution in [0, 0.1) is 0 Å². The summed E-state index contributed by atoms with van der Waals surface area (Å²) >= 11 is 6.60. The molecule has 37 heteroatoms. The molecule has 3 saturated heterocycles. The number of aryl methyl sites for hydroxylation is 3. The third-order valence-corrected chi connectivity index (χ3v) is 24.4. The Morgan fingerprint density at radius 2 is 0.656 bits per heavy atom. The van der Waals surface area contributed by atoms with Crippen molar-refractivity contribution in [2.75, 3.05) is 21.3 Å². The van der Waals surface area contributed by atoms with Crippen LogP contribution >= 0.6 is 31.9 Å². The summed E-state index contributed by atoms with van der Waals surface area (Å²) in [5.74, 6) is 3.69. The zero-order chi connectivity index (χ0) is 92.4. The van der Waals surface area contributed by atoms with Crippen molar-refractivity contribution in [1.29, 1.82) is 0 Å². The first kappa shape index (κ1) is 93.4. The van der Waals surface area contributed by atoms with Gasteiger partial charge in [-0.25, -0.2) is 19.4 Å². The molecule has 0 spiro atoms. The van der Waals surface area contributed by atoms with Gasteiger partial charge in [-0.1, -0.05) is 76.6 Å². The molecule has 3 aliphatic heterocycles. The summed E-state index contributed by atoms with van der Waals surface area (Å²) in [6, 6.07) is 56.6. The van der Waals surface area contributed by atoms with Gasteiger partial charge in [0.2, 0.25) is 0 Å². The highest BCUT2D eigenvalue weighted by atomic mass is 79.9. The van der Waals surface area contributed by atoms with Gasteiger partial charge in [0.25, 0.3) is 16.7 Å². The average molecular weight is 1870 g/mol. The van der Waals surface area contributed by atoms with Crippen LogP contribution in [0.1, 0.15) is 99.8 Å². The van der Waals surface area contributed by atoms with Crippen molar-refractivity contribution in [3.05, 3.63) is 283 Å². The number of fused-ring (bicyclic) bond motifs is 3. The van der Waals surface area contributed by atoms with Gasteiger partial charge in [-0.2, -0.15) is 15.0 Å². The van der Waals surface area contributed by atoms with Gasteiger partial charge in [0.1, 0.15) is 39.1 Å². The van der Waals surface area contributed by atoms with E-state index in [4.69, 9.17) is 56.3 Å². The minimum Gasteiger partial charge on any atom is -0.497 e. The Morgan fingerprint density at radius 1 is 0.344 bits per heavy atom. The van der Waals surface area contributed by atoms with E-state index in [9.17, 15) is 28.8 Å². The highest BCUT2D eigenvalue weighted by Crippen LogP contribution is 2.44. The minimum absolute atomic E-state index is 0.185. The number of halogens is 2. The first-order valence-electron chi connectivity index (χ1n) is 41.0. The number of methoxy groups -OCH3 is 3. The largest absolute Gasteiger partial charge is 0.497 e. The molecule has 128 heavy (non-hydrogen) atoms. The lowest BCUT2D eigenvalue weighted by atomic mass is 9.49. The van der Waals surface area contributed by atoms with Crippen molar-refractivity contribution in [2.45, 2.75) is 136 Å². The Bertz CT molecular complexity index is 6710. The Hall–Kier alpha value is -12.2. The van der Waals surface area contributed by atoms with E-state index in [2.05, 4.69) is 56.8 Å². The number of pyridine rings is 2. The van der Waals surface area contributed by atoms with Crippen LogP contribution in [0.4, 0.5) is 0 Å². The first-order chi connectivity index (χ1) is 60.5. The smallest absolute Gasteiger partial charge is 0.494 e. The lowest BCUT2D eigenvalue weighted by molar-refractivity contribution is 0.00578. The number of hydrogen-bond acceptors (Lipinski definition) is 23. The van der Waals surface area contributed by atoms with Crippen LogP contribution in [-0.2, 0) is 89.8 Å². The van der Waals surface area contributed by atoms with E-state index in [-0.39, 0.29) is 80.5 Å². The number of ether oxygens (including phenoxy) is 6. The van der Waals surface area contributed by atoms with Gasteiger partial charge in [0.05, 0.1) is 80.3 Å². The summed E-state index contributed by atoms with van der Waals surface area (Å²) in [5.41, 5.74) is 1.85. The predicted molar refractivity (Wildman–Crippen MR) is 497 cm³/mol. The molecule has 14 aromatic rings. The second-order valence-corrected chi connectivity index (χ2v) is 35.4. The molecule has 0 unspecified atom stereocenters. The van der Waals surface area contributed by atoms with Gasteiger partial charge in [0.15, 0.2) is 33.5 Å². The van der Waals surface area contributed by atoms with Crippen LogP contribution in [0.3, 0.4) is 0 Å². The van der Waals surface area contributed by atoms with Crippen LogP contribution in [-0.4, -0.2) is 142 Å². The van der Waals surface area contributed by atoms with Crippen molar-refractivity contribution in [2.24, 2.45) is 42.3 Å². The summed E-state index contributed by atoms with van der Waals surface area (Å²) in [7, 11) is 12.4. The zero-order valence-corrected chi connectivity index (χ0v) is 78.4. The van der Waals surface area contributed by atoms with E-state index in [0.717, 1.165) is 56.2 Å². The zero-order valence-electron chi connectivity index (χ0n) is 75.2. The molecule has 0 saturated carbocycles. The fourth-order valence-electron chi connectivity index (χ4n) is 13.9. The summed E-state index contributed by atoms with van der Waals surface area (Å²) in [6.45, 7) is 25.1. The number of hydrogen-bond donors (Lipinski definition) is 0. The molecule has 3 fully saturated rings. The Kier molecular flexibility index (Phi) is 27.4. The molecular weight excluding hydrogens is 1770 g/mol. The highest BCUT2D eigenvalue weighted by molar-refractivity contribution is 9.10. The second kappa shape index (κ2) is 37.6. The molecule has 666 valence electrons. The number of rotatable bonds is 18. The van der Waals surface area contributed by atoms with E-state index < -0.39 is 66.1 Å². The Morgan fingerprint density at radius 3 is 0.953 bits per heavy atom. The van der Waals surface area contributed by atoms with E-state index in [0.29, 0.717) is 47.6 Å². The molecular formula is C91H101B3Br2N14O18. The number of imidazole rings is 3. The van der Waals surface area contributed by atoms with Gasteiger partial charge in [0, 0.05) is 64.7 Å². The molecule has 8 aromatic heterocycles. The molecule has 3 aliphatic rings. The Labute approximate surface area is 756 Å². The van der Waals surface area contributed by atoms with Gasteiger partial charge < -0.3 is 56.3 Å². The standard InChI is InChI=1S/C27H31BN4O6.C26H23N5O4.C21H19BrN4O4.C12H24B2O4.C5H4BrN/c1-26(2)27(3,4)38-28(37-26)18-11-13-19(14-12-18)36-24-29-22-21(23(33)31(6)25(34)30(22)5)32(24)16-17-9-8-10-20(15-17)35-7;1-29-23-22(24(32)30(2)26(29)33)31(16-17-7-6-8-20(15-17)34-3)25(28-23)35-19-12-10-18(11-13-19)21-9-4-5-14-27-21;1-24-18-17(19(27)25(2)21(24)28)26(12-13-5-4-6-16(11-13)29-3)20(23-18)30-15-9-7-14(22)8-10-15;1-9(2)10(3,4)16-13(15-9)14-17-11(5,6)12(7,8)18-14;6-5-3-1-2-4-7-5/h8-15H,16H2,1-7H3;4-15H,16H2,1-3H3;4-11H,12H2,1-3H3;1-8H3;1-4H. The van der Waals surface area contributed by atoms with Gasteiger partial charge in [-0.05, 0) is 242 Å². The maximum atomic E-state index is 13.2. The highest BCUT2D eigenvalue weighted by Gasteiger charge is 2.64. The van der Waals surface area contributed by atoms with E-state index in [1.165, 1.54) is 34.8 Å². The van der Waals surface area contributed by atoms with Gasteiger partial charge in [-0.15, -0.1) is 0 Å². The molecule has 0 bridgehead atoms. The minimum atomic E-state index is -0.496. The number of nitrogens with zero attached hydrogens (tertiary/aromatic N) is 14. The van der Waals surface area contributed by atoms with Crippen molar-refractivity contribution in [3.8, 4) is 63.8 Å². The van der Waals surface area contributed by atoms with E-state index >= 15 is 0 Å². The van der Waals surface area contributed by atoms with Gasteiger partial charge in [-0.3, -0.25) is 60.5 Å². The third kappa shape index (κ3) is 19.7. The van der Waals surface area contributed by atoms with Crippen LogP contribution in [0.25, 0.3) is 44.7 Å². The number of benzene rings is 6. The maximum Gasteiger partial charge on any atom is 0.494 e. The number of aromatic nitrogens is 14. The fraction of sp³-hybridized carbons (Fsp3) is 0.330. The lowest BCUT2D eigenvalue weighted by Crippen LogP contribution is -2.41. The molecule has 0 N–H and O–H groups in total. The molecule has 0 atom stereocenters. The summed E-state index contributed by atoms with van der Waals surface area (Å²) in [4.78, 5) is 98.5. The molecule has 0 amide bonds. The molecule has 32 nitrogen and oxygen atoms in total. The third-order valence-electron chi connectivity index (χ3n) is 23.4. The topological polar surface area (TPSA) is 322 Å². The molecule has 0 aliphatic carbocycles. The first-order valence-corrected chi connectivity index (χ1v) is 42.5. The van der Waals surface area contributed by atoms with E-state index in [1.54, 1.807) is 92.8 Å². The van der Waals surface area contributed by atoms with Crippen LogP contribution in [0.2, 0.25) is 0 Å². The second-order valence-electron chi connectivity index (χ2n) is 33.7. The maximum absolute atomic E-state index is 13.2. The monoisotopic (exact) mass is 1870 g/mol. The molecule has 17 rings (SSSR count). The van der Waals surface area contributed by atoms with E-state index in [1.807, 2.05) is 241 Å². The molecule has 0 radical (unpaired) electrons. The average Bonchev–Trinajstić information content (AvgIpc) is 1.61. The Balaban J connectivity index is 0.000000145. The van der Waals surface area contributed by atoms with Crippen LogP contribution < -0.4 is 67.6 Å². The quantitative estimate of drug-likeness (QED) is 0.0569. The van der Waals surface area contributed by atoms with Crippen molar-refractivity contribution >= 4 is 92.0 Å². The van der Waals surface area contributed by atoms with Crippen molar-refractivity contribution in [3.63, 3.8) is 0 Å². The van der Waals surface area contributed by atoms with Gasteiger partial charge >= 0.3 is 56.2 Å². The van der Waals surface area contributed by atoms with Crippen LogP contribution in [0.5, 0.6) is 52.5 Å². The normalized spacial score (nSPS) is 15.4. The lowest BCUT2D eigenvalue weighted by Gasteiger charge is -2.32. The summed E-state index contributed by atoms with van der Waals surface area (Å²) in [6.07, 6.45) is 3.48. The van der Waals surface area contributed by atoms with Crippen molar-refractivity contribution in [1.82, 2.24) is 66.0 Å². The summed E-state index contributed by atoms with van der Waals surface area (Å²) < 4.78 is 84.5. The van der Waals surface area contributed by atoms with Crippen LogP contribution in [0.15, 0.2) is 232 Å². The fourth-order valence-corrected chi connectivity index (χ4v) is 14.4. The SMILES string of the molecule is Brc1ccccn1.CC1(C)OB(B2OC(C)(C)C(C)(C)O2)OC1(C)C.COc1cccc(Cn2c(Oc3ccc(-c4ccccn4)cc3)nc3c2c(=O)n(C)c(=O)n3C)c1.COc1cccc(Cn2c(Oc3ccc(B4OC(C)(C)C(C)(C)O4)cc3)nc3c2c(=O)n(C)c(=O)n3C)c1.COc1cccc(Cn2c(Oc3ccc(Br)cc3)nc3c2c(=O)n(C)c(=O)n3C)c1. The van der Waals surface area contributed by atoms with Crippen molar-refractivity contribution < 1.29 is 56.3 Å². The predicted octanol–water partition coefficient (Wildman–Crippen LogP) is 13.1.